The fraction of sp³-hybridized carbons (Fsp3) is 0.188. The number of benzene rings is 2. The van der Waals surface area contributed by atoms with Gasteiger partial charge in [-0.15, -0.1) is 0 Å². The Labute approximate surface area is 132 Å². The Morgan fingerprint density at radius 2 is 1.90 bits per heavy atom. The maximum Gasteiger partial charge on any atom is 0.253 e. The van der Waals surface area contributed by atoms with Gasteiger partial charge in [0, 0.05) is 10.2 Å². The van der Waals surface area contributed by atoms with E-state index in [1.54, 1.807) is 25.3 Å². The summed E-state index contributed by atoms with van der Waals surface area (Å²) in [7, 11) is 1.55. The Balaban J connectivity index is 2.15. The van der Waals surface area contributed by atoms with Gasteiger partial charge in [-0.1, -0.05) is 28.1 Å². The molecule has 1 amide bonds. The van der Waals surface area contributed by atoms with Gasteiger partial charge >= 0.3 is 0 Å². The number of anilines is 1. The van der Waals surface area contributed by atoms with Crippen LogP contribution in [-0.2, 0) is 0 Å². The zero-order valence-electron chi connectivity index (χ0n) is 11.9. The molecule has 0 saturated carbocycles. The van der Waals surface area contributed by atoms with E-state index < -0.39 is 0 Å². The minimum Gasteiger partial charge on any atom is -0.497 e. The molecule has 21 heavy (non-hydrogen) atoms. The maximum atomic E-state index is 12.3. The van der Waals surface area contributed by atoms with Gasteiger partial charge in [-0.25, -0.2) is 0 Å². The van der Waals surface area contributed by atoms with Crippen molar-refractivity contribution >= 4 is 27.5 Å². The molecule has 2 aromatic rings. The highest BCUT2D eigenvalue weighted by Gasteiger charge is 2.14. The number of ether oxygens (including phenoxy) is 1. The molecule has 1 atom stereocenters. The third-order valence-electron chi connectivity index (χ3n) is 3.22. The first-order chi connectivity index (χ1) is 10.0. The van der Waals surface area contributed by atoms with Crippen LogP contribution in [0.1, 0.15) is 28.9 Å². The predicted molar refractivity (Wildman–Crippen MR) is 87.4 cm³/mol. The van der Waals surface area contributed by atoms with Crippen LogP contribution in [0.5, 0.6) is 5.75 Å². The summed E-state index contributed by atoms with van der Waals surface area (Å²) in [6.45, 7) is 1.93. The van der Waals surface area contributed by atoms with Gasteiger partial charge in [0.25, 0.3) is 5.91 Å². The van der Waals surface area contributed by atoms with Gasteiger partial charge in [0.2, 0.25) is 0 Å². The monoisotopic (exact) mass is 348 g/mol. The first kappa shape index (κ1) is 15.4. The highest BCUT2D eigenvalue weighted by molar-refractivity contribution is 9.10. The number of nitrogen functional groups attached to an aromatic ring is 1. The van der Waals surface area contributed by atoms with Crippen molar-refractivity contribution in [2.75, 3.05) is 12.8 Å². The summed E-state index contributed by atoms with van der Waals surface area (Å²) < 4.78 is 6.12. The second kappa shape index (κ2) is 6.63. The number of nitrogens with two attached hydrogens (primary N) is 1. The number of hydrogen-bond acceptors (Lipinski definition) is 3. The molecule has 0 heterocycles. The SMILES string of the molecule is COc1ccc(N)c(C(=O)N[C@H](C)c2ccc(Br)cc2)c1. The fourth-order valence-corrected chi connectivity index (χ4v) is 2.23. The molecule has 0 aliphatic rings. The van der Waals surface area contributed by atoms with Crippen LogP contribution in [0.4, 0.5) is 5.69 Å². The maximum absolute atomic E-state index is 12.3. The van der Waals surface area contributed by atoms with Crippen molar-refractivity contribution in [2.45, 2.75) is 13.0 Å². The number of nitrogens with one attached hydrogen (secondary N) is 1. The summed E-state index contributed by atoms with van der Waals surface area (Å²) in [6.07, 6.45) is 0. The number of halogens is 1. The van der Waals surface area contributed by atoms with Gasteiger partial charge in [-0.2, -0.15) is 0 Å². The Bertz CT molecular complexity index is 641. The standard InChI is InChI=1S/C16H17BrN2O2/c1-10(11-3-5-12(17)6-4-11)19-16(20)14-9-13(21-2)7-8-15(14)18/h3-10H,18H2,1-2H3,(H,19,20)/t10-/m1/s1. The van der Waals surface area contributed by atoms with E-state index in [1.165, 1.54) is 0 Å². The Kier molecular flexibility index (Phi) is 4.85. The number of methoxy groups -OCH3 is 1. The van der Waals surface area contributed by atoms with Crippen LogP contribution in [0.25, 0.3) is 0 Å². The second-order valence-corrected chi connectivity index (χ2v) is 5.62. The Hall–Kier alpha value is -2.01. The van der Waals surface area contributed by atoms with Crippen molar-refractivity contribution in [2.24, 2.45) is 0 Å². The molecule has 0 radical (unpaired) electrons. The number of carbonyl (C=O) groups excluding carboxylic acids is 1. The van der Waals surface area contributed by atoms with Crippen LogP contribution in [-0.4, -0.2) is 13.0 Å². The summed E-state index contributed by atoms with van der Waals surface area (Å²) in [6, 6.07) is 12.7. The molecular formula is C16H17BrN2O2. The molecular weight excluding hydrogens is 332 g/mol. The molecule has 2 aromatic carbocycles. The van der Waals surface area contributed by atoms with Crippen LogP contribution in [0.2, 0.25) is 0 Å². The minimum absolute atomic E-state index is 0.115. The lowest BCUT2D eigenvalue weighted by Crippen LogP contribution is -2.27. The van der Waals surface area contributed by atoms with Gasteiger partial charge in [0.15, 0.2) is 0 Å². The van der Waals surface area contributed by atoms with Crippen molar-refractivity contribution in [3.63, 3.8) is 0 Å². The van der Waals surface area contributed by atoms with E-state index >= 15 is 0 Å². The molecule has 0 aromatic heterocycles. The fourth-order valence-electron chi connectivity index (χ4n) is 1.97. The topological polar surface area (TPSA) is 64.3 Å². The first-order valence-corrected chi connectivity index (χ1v) is 7.30. The first-order valence-electron chi connectivity index (χ1n) is 6.51. The van der Waals surface area contributed by atoms with E-state index in [0.29, 0.717) is 17.0 Å². The van der Waals surface area contributed by atoms with Crippen LogP contribution in [0.15, 0.2) is 46.9 Å². The molecule has 0 bridgehead atoms. The summed E-state index contributed by atoms with van der Waals surface area (Å²) in [5.74, 6) is 0.382. The molecule has 5 heteroatoms. The van der Waals surface area contributed by atoms with Crippen molar-refractivity contribution in [1.29, 1.82) is 0 Å². The van der Waals surface area contributed by atoms with E-state index in [9.17, 15) is 4.79 Å². The number of hydrogen-bond donors (Lipinski definition) is 2. The number of carbonyl (C=O) groups is 1. The third-order valence-corrected chi connectivity index (χ3v) is 3.75. The molecule has 0 fully saturated rings. The third kappa shape index (κ3) is 3.76. The van der Waals surface area contributed by atoms with E-state index in [4.69, 9.17) is 10.5 Å². The van der Waals surface area contributed by atoms with Crippen molar-refractivity contribution in [3.8, 4) is 5.75 Å². The van der Waals surface area contributed by atoms with E-state index in [1.807, 2.05) is 31.2 Å². The molecule has 0 spiro atoms. The summed E-state index contributed by atoms with van der Waals surface area (Å²) in [4.78, 5) is 12.3. The van der Waals surface area contributed by atoms with E-state index in [-0.39, 0.29) is 11.9 Å². The van der Waals surface area contributed by atoms with Crippen LogP contribution in [0.3, 0.4) is 0 Å². The smallest absolute Gasteiger partial charge is 0.253 e. The zero-order chi connectivity index (χ0) is 15.4. The highest BCUT2D eigenvalue weighted by Crippen LogP contribution is 2.21. The summed E-state index contributed by atoms with van der Waals surface area (Å²) in [5, 5.41) is 2.93. The summed E-state index contributed by atoms with van der Waals surface area (Å²) in [5.41, 5.74) is 7.72. The summed E-state index contributed by atoms with van der Waals surface area (Å²) >= 11 is 3.39. The van der Waals surface area contributed by atoms with Gasteiger partial charge < -0.3 is 15.8 Å². The van der Waals surface area contributed by atoms with Gasteiger partial charge in [0.1, 0.15) is 5.75 Å². The number of rotatable bonds is 4. The molecule has 0 saturated heterocycles. The van der Waals surface area contributed by atoms with Crippen molar-refractivity contribution in [3.05, 3.63) is 58.1 Å². The Morgan fingerprint density at radius 3 is 2.52 bits per heavy atom. The van der Waals surface area contributed by atoms with Crippen LogP contribution >= 0.6 is 15.9 Å². The molecule has 2 rings (SSSR count). The van der Waals surface area contributed by atoms with Gasteiger partial charge in [-0.3, -0.25) is 4.79 Å². The van der Waals surface area contributed by atoms with E-state index in [0.717, 1.165) is 10.0 Å². The quantitative estimate of drug-likeness (QED) is 0.830. The molecule has 0 aliphatic heterocycles. The Morgan fingerprint density at radius 1 is 1.24 bits per heavy atom. The molecule has 110 valence electrons. The second-order valence-electron chi connectivity index (χ2n) is 4.70. The number of amides is 1. The van der Waals surface area contributed by atoms with Crippen LogP contribution in [0, 0.1) is 0 Å². The van der Waals surface area contributed by atoms with Crippen molar-refractivity contribution < 1.29 is 9.53 Å². The predicted octanol–water partition coefficient (Wildman–Crippen LogP) is 3.53. The molecule has 0 aliphatic carbocycles. The minimum atomic E-state index is -0.221. The molecule has 4 nitrogen and oxygen atoms in total. The van der Waals surface area contributed by atoms with Crippen molar-refractivity contribution in [1.82, 2.24) is 5.32 Å². The highest BCUT2D eigenvalue weighted by atomic mass is 79.9. The normalized spacial score (nSPS) is 11.8. The zero-order valence-corrected chi connectivity index (χ0v) is 13.5. The van der Waals surface area contributed by atoms with Gasteiger partial charge in [-0.05, 0) is 42.8 Å². The van der Waals surface area contributed by atoms with Crippen LogP contribution < -0.4 is 15.8 Å². The lowest BCUT2D eigenvalue weighted by molar-refractivity contribution is 0.0940. The lowest BCUT2D eigenvalue weighted by Gasteiger charge is -2.16. The molecule has 3 N–H and O–H groups in total. The van der Waals surface area contributed by atoms with E-state index in [2.05, 4.69) is 21.2 Å². The van der Waals surface area contributed by atoms with Gasteiger partial charge in [0.05, 0.1) is 18.7 Å². The largest absolute Gasteiger partial charge is 0.497 e. The molecule has 0 unspecified atom stereocenters. The average Bonchev–Trinajstić information content (AvgIpc) is 2.48. The average molecular weight is 349 g/mol. The lowest BCUT2D eigenvalue weighted by atomic mass is 10.1.